The molecule has 1 aliphatic rings. The van der Waals surface area contributed by atoms with Crippen molar-refractivity contribution in [3.8, 4) is 23.3 Å². The van der Waals surface area contributed by atoms with Crippen LogP contribution < -0.4 is 15.3 Å². The molecule has 4 aromatic rings. The Bertz CT molecular complexity index is 1600. The van der Waals surface area contributed by atoms with Gasteiger partial charge in [-0.2, -0.15) is 15.0 Å². The van der Waals surface area contributed by atoms with Crippen molar-refractivity contribution in [2.45, 2.75) is 12.1 Å². The third-order valence-electron chi connectivity index (χ3n) is 6.12. The average molecular weight is 526 g/mol. The van der Waals surface area contributed by atoms with Gasteiger partial charge in [-0.3, -0.25) is 4.57 Å². The van der Waals surface area contributed by atoms with Gasteiger partial charge in [0.2, 0.25) is 0 Å². The zero-order valence-electron chi connectivity index (χ0n) is 19.7. The van der Waals surface area contributed by atoms with E-state index in [1.165, 1.54) is 31.4 Å². The van der Waals surface area contributed by atoms with Crippen molar-refractivity contribution in [2.24, 2.45) is 0 Å². The molecule has 194 valence electrons. The van der Waals surface area contributed by atoms with E-state index in [2.05, 4.69) is 16.2 Å². The SMILES string of the molecule is COC1(C#N)CN(c2cc(Oc3ccc(-n4ncn(Cc5c(F)cccc5F)c4=O)cc3F)c(F)cn2)C1. The van der Waals surface area contributed by atoms with E-state index in [4.69, 9.17) is 9.47 Å². The van der Waals surface area contributed by atoms with E-state index in [1.807, 2.05) is 0 Å². The molecule has 0 bridgehead atoms. The first-order valence-electron chi connectivity index (χ1n) is 11.2. The van der Waals surface area contributed by atoms with Crippen LogP contribution >= 0.6 is 0 Å². The smallest absolute Gasteiger partial charge is 0.350 e. The molecule has 0 N–H and O–H groups in total. The Hall–Kier alpha value is -4.70. The van der Waals surface area contributed by atoms with Crippen LogP contribution in [-0.2, 0) is 11.3 Å². The maximum atomic E-state index is 14.9. The largest absolute Gasteiger partial charge is 0.451 e. The minimum absolute atomic E-state index is 0.0106. The standard InChI is InChI=1S/C25H18F4N6O3/c1-37-25(11-30)12-34(13-25)23-8-22(20(29)9-31-23)38-21-6-5-15(7-19(21)28)35-24(36)33(14-32-35)10-16-17(26)3-2-4-18(16)27/h2-9,14H,10,12-13H2,1H3. The van der Waals surface area contributed by atoms with Crippen molar-refractivity contribution in [1.29, 1.82) is 5.26 Å². The summed E-state index contributed by atoms with van der Waals surface area (Å²) in [5, 5.41) is 13.1. The summed E-state index contributed by atoms with van der Waals surface area (Å²) >= 11 is 0. The van der Waals surface area contributed by atoms with Crippen LogP contribution in [0.5, 0.6) is 11.5 Å². The number of methoxy groups -OCH3 is 1. The highest BCUT2D eigenvalue weighted by molar-refractivity contribution is 5.51. The number of halogens is 4. The minimum atomic E-state index is -0.979. The number of hydrogen-bond donors (Lipinski definition) is 0. The number of anilines is 1. The first-order chi connectivity index (χ1) is 18.2. The molecule has 0 amide bonds. The molecule has 38 heavy (non-hydrogen) atoms. The van der Waals surface area contributed by atoms with Crippen molar-refractivity contribution in [1.82, 2.24) is 19.3 Å². The topological polar surface area (TPSA) is 98.2 Å². The Labute approximate surface area is 212 Å². The zero-order valence-corrected chi connectivity index (χ0v) is 19.7. The normalized spacial score (nSPS) is 14.2. The Morgan fingerprint density at radius 3 is 2.42 bits per heavy atom. The second kappa shape index (κ2) is 9.64. The number of rotatable bonds is 7. The molecular formula is C25H18F4N6O3. The monoisotopic (exact) mass is 526 g/mol. The third-order valence-corrected chi connectivity index (χ3v) is 6.12. The number of hydrogen-bond acceptors (Lipinski definition) is 7. The van der Waals surface area contributed by atoms with Gasteiger partial charge in [0.1, 0.15) is 29.8 Å². The van der Waals surface area contributed by atoms with Gasteiger partial charge in [-0.05, 0) is 24.3 Å². The van der Waals surface area contributed by atoms with Gasteiger partial charge in [-0.15, -0.1) is 0 Å². The molecule has 2 aromatic carbocycles. The molecule has 5 rings (SSSR count). The van der Waals surface area contributed by atoms with Gasteiger partial charge in [-0.1, -0.05) is 6.07 Å². The van der Waals surface area contributed by atoms with Crippen LogP contribution in [0.3, 0.4) is 0 Å². The van der Waals surface area contributed by atoms with Gasteiger partial charge < -0.3 is 14.4 Å². The van der Waals surface area contributed by atoms with Crippen molar-refractivity contribution in [2.75, 3.05) is 25.1 Å². The third kappa shape index (κ3) is 4.46. The zero-order chi connectivity index (χ0) is 27.0. The molecule has 0 unspecified atom stereocenters. The Balaban J connectivity index is 1.35. The molecule has 0 spiro atoms. The first-order valence-corrected chi connectivity index (χ1v) is 11.2. The molecule has 1 saturated heterocycles. The van der Waals surface area contributed by atoms with E-state index < -0.39 is 41.1 Å². The maximum Gasteiger partial charge on any atom is 0.350 e. The lowest BCUT2D eigenvalue weighted by Crippen LogP contribution is -2.62. The number of aromatic nitrogens is 4. The molecule has 2 aromatic heterocycles. The van der Waals surface area contributed by atoms with Crippen LogP contribution in [0, 0.1) is 34.6 Å². The summed E-state index contributed by atoms with van der Waals surface area (Å²) in [5.41, 5.74) is -2.05. The van der Waals surface area contributed by atoms with Crippen molar-refractivity contribution in [3.63, 3.8) is 0 Å². The molecular weight excluding hydrogens is 508 g/mol. The predicted octanol–water partition coefficient (Wildman–Crippen LogP) is 3.55. The van der Waals surface area contributed by atoms with Crippen LogP contribution in [0.15, 0.2) is 59.8 Å². The van der Waals surface area contributed by atoms with Crippen LogP contribution in [0.25, 0.3) is 5.69 Å². The fourth-order valence-electron chi connectivity index (χ4n) is 3.94. The second-order valence-corrected chi connectivity index (χ2v) is 8.51. The number of nitrogens with zero attached hydrogens (tertiary/aromatic N) is 6. The van der Waals surface area contributed by atoms with Gasteiger partial charge in [0.05, 0.1) is 31.5 Å². The fourth-order valence-corrected chi connectivity index (χ4v) is 3.94. The molecule has 1 aliphatic heterocycles. The first kappa shape index (κ1) is 25.0. The van der Waals surface area contributed by atoms with Gasteiger partial charge >= 0.3 is 5.69 Å². The Kier molecular flexibility index (Phi) is 6.33. The summed E-state index contributed by atoms with van der Waals surface area (Å²) in [7, 11) is 1.42. The minimum Gasteiger partial charge on any atom is -0.451 e. The van der Waals surface area contributed by atoms with Crippen molar-refractivity contribution in [3.05, 3.63) is 94.3 Å². The van der Waals surface area contributed by atoms with Gasteiger partial charge in [0, 0.05) is 24.8 Å². The molecule has 13 heteroatoms. The lowest BCUT2D eigenvalue weighted by Gasteiger charge is -2.44. The summed E-state index contributed by atoms with van der Waals surface area (Å²) in [6.45, 7) is 0.0136. The number of pyridine rings is 1. The van der Waals surface area contributed by atoms with E-state index in [0.717, 1.165) is 40.0 Å². The summed E-state index contributed by atoms with van der Waals surface area (Å²) < 4.78 is 69.6. The number of nitriles is 1. The van der Waals surface area contributed by atoms with E-state index in [0.29, 0.717) is 5.82 Å². The van der Waals surface area contributed by atoms with Crippen LogP contribution in [0.1, 0.15) is 5.56 Å². The van der Waals surface area contributed by atoms with E-state index in [-0.39, 0.29) is 35.8 Å². The highest BCUT2D eigenvalue weighted by atomic mass is 19.1. The summed E-state index contributed by atoms with van der Waals surface area (Å²) in [4.78, 5) is 18.4. The van der Waals surface area contributed by atoms with Gasteiger partial charge in [0.25, 0.3) is 0 Å². The molecule has 0 aliphatic carbocycles. The number of ether oxygens (including phenoxy) is 2. The average Bonchev–Trinajstić information content (AvgIpc) is 3.24. The van der Waals surface area contributed by atoms with Gasteiger partial charge in [-0.25, -0.2) is 27.3 Å². The molecule has 0 saturated carbocycles. The summed E-state index contributed by atoms with van der Waals surface area (Å²) in [6.07, 6.45) is 1.99. The lowest BCUT2D eigenvalue weighted by molar-refractivity contribution is 0.0151. The van der Waals surface area contributed by atoms with E-state index in [9.17, 15) is 27.6 Å². The van der Waals surface area contributed by atoms with Crippen LogP contribution in [-0.4, -0.2) is 45.1 Å². The van der Waals surface area contributed by atoms with Crippen molar-refractivity contribution >= 4 is 5.82 Å². The van der Waals surface area contributed by atoms with Crippen LogP contribution in [0.4, 0.5) is 23.4 Å². The molecule has 1 fully saturated rings. The molecule has 0 atom stereocenters. The van der Waals surface area contributed by atoms with Gasteiger partial charge in [0.15, 0.2) is 28.7 Å². The van der Waals surface area contributed by atoms with E-state index >= 15 is 0 Å². The Morgan fingerprint density at radius 1 is 1.03 bits per heavy atom. The van der Waals surface area contributed by atoms with E-state index in [1.54, 1.807) is 4.90 Å². The van der Waals surface area contributed by atoms with Crippen molar-refractivity contribution < 1.29 is 27.0 Å². The number of benzene rings is 2. The lowest BCUT2D eigenvalue weighted by atomic mass is 9.96. The highest BCUT2D eigenvalue weighted by Gasteiger charge is 2.44. The summed E-state index contributed by atoms with van der Waals surface area (Å²) in [6, 6.07) is 10.1. The fraction of sp³-hybridized carbons (Fsp3) is 0.200. The quantitative estimate of drug-likeness (QED) is 0.340. The predicted molar refractivity (Wildman–Crippen MR) is 125 cm³/mol. The maximum absolute atomic E-state index is 14.9. The Morgan fingerprint density at radius 2 is 1.76 bits per heavy atom. The molecule has 0 radical (unpaired) electrons. The summed E-state index contributed by atoms with van der Waals surface area (Å²) in [5.74, 6) is -3.73. The molecule has 3 heterocycles. The van der Waals surface area contributed by atoms with Crippen LogP contribution in [0.2, 0.25) is 0 Å². The second-order valence-electron chi connectivity index (χ2n) is 8.51. The highest BCUT2D eigenvalue weighted by Crippen LogP contribution is 2.33. The molecule has 9 nitrogen and oxygen atoms in total.